The minimum atomic E-state index is -2.88. The Hall–Kier alpha value is -1.73. The normalized spacial score (nSPS) is 17.5. The number of nitrogens with one attached hydrogen (secondary N) is 1. The molecule has 0 aliphatic carbocycles. The number of alkyl halides is 2. The van der Waals surface area contributed by atoms with E-state index in [4.69, 9.17) is 10.5 Å². The van der Waals surface area contributed by atoms with E-state index in [0.29, 0.717) is 38.2 Å². The number of amides is 1. The third kappa shape index (κ3) is 4.12. The second-order valence-corrected chi connectivity index (χ2v) is 4.95. The van der Waals surface area contributed by atoms with Gasteiger partial charge in [0, 0.05) is 25.3 Å². The molecule has 116 valence electrons. The number of carbonyl (C=O) groups is 1. The Labute approximate surface area is 121 Å². The Morgan fingerprint density at radius 1 is 1.33 bits per heavy atom. The van der Waals surface area contributed by atoms with Gasteiger partial charge >= 0.3 is 6.61 Å². The van der Waals surface area contributed by atoms with Crippen LogP contribution >= 0.6 is 0 Å². The van der Waals surface area contributed by atoms with Gasteiger partial charge in [0.05, 0.1) is 5.54 Å². The molecule has 0 atom stereocenters. The van der Waals surface area contributed by atoms with Crippen LogP contribution in [0.2, 0.25) is 0 Å². The van der Waals surface area contributed by atoms with E-state index in [0.717, 1.165) is 0 Å². The largest absolute Gasteiger partial charge is 0.435 e. The Balaban J connectivity index is 2.02. The highest BCUT2D eigenvalue weighted by Crippen LogP contribution is 2.21. The molecule has 1 aliphatic rings. The van der Waals surface area contributed by atoms with E-state index in [1.54, 1.807) is 0 Å². The summed E-state index contributed by atoms with van der Waals surface area (Å²) in [7, 11) is 0. The summed E-state index contributed by atoms with van der Waals surface area (Å²) in [6.07, 6.45) is 1.31. The highest BCUT2D eigenvalue weighted by molar-refractivity contribution is 5.94. The van der Waals surface area contributed by atoms with Crippen molar-refractivity contribution in [2.45, 2.75) is 25.0 Å². The number of hydrogen-bond acceptors (Lipinski definition) is 4. The molecule has 1 fully saturated rings. The molecule has 3 N–H and O–H groups in total. The van der Waals surface area contributed by atoms with Gasteiger partial charge in [0.2, 0.25) is 0 Å². The Morgan fingerprint density at radius 3 is 2.48 bits per heavy atom. The first kappa shape index (κ1) is 15.7. The number of ether oxygens (including phenoxy) is 2. The summed E-state index contributed by atoms with van der Waals surface area (Å²) in [6.45, 7) is -1.45. The predicted molar refractivity (Wildman–Crippen MR) is 72.4 cm³/mol. The maximum atomic E-state index is 12.2. The molecule has 0 saturated carbocycles. The smallest absolute Gasteiger partial charge is 0.387 e. The molecule has 1 aliphatic heterocycles. The van der Waals surface area contributed by atoms with Crippen LogP contribution in [0.1, 0.15) is 23.2 Å². The molecule has 1 saturated heterocycles. The van der Waals surface area contributed by atoms with Crippen molar-refractivity contribution in [2.24, 2.45) is 5.73 Å². The van der Waals surface area contributed by atoms with Crippen molar-refractivity contribution in [1.29, 1.82) is 0 Å². The first-order valence-electron chi connectivity index (χ1n) is 6.70. The van der Waals surface area contributed by atoms with Crippen molar-refractivity contribution >= 4 is 5.91 Å². The van der Waals surface area contributed by atoms with Gasteiger partial charge in [-0.15, -0.1) is 0 Å². The van der Waals surface area contributed by atoms with Crippen LogP contribution in [0.4, 0.5) is 8.78 Å². The molecule has 0 aromatic heterocycles. The van der Waals surface area contributed by atoms with Crippen LogP contribution in [0.3, 0.4) is 0 Å². The number of halogens is 2. The van der Waals surface area contributed by atoms with E-state index < -0.39 is 12.2 Å². The maximum absolute atomic E-state index is 12.2. The molecule has 1 heterocycles. The van der Waals surface area contributed by atoms with Gasteiger partial charge in [0.25, 0.3) is 5.91 Å². The Kier molecular flexibility index (Phi) is 5.08. The second-order valence-electron chi connectivity index (χ2n) is 4.95. The average Bonchev–Trinajstić information content (AvgIpc) is 2.48. The molecule has 0 bridgehead atoms. The molecular weight excluding hydrogens is 282 g/mol. The molecule has 2 rings (SSSR count). The van der Waals surface area contributed by atoms with Crippen molar-refractivity contribution in [2.75, 3.05) is 19.8 Å². The summed E-state index contributed by atoms with van der Waals surface area (Å²) >= 11 is 0. The van der Waals surface area contributed by atoms with Gasteiger partial charge in [-0.2, -0.15) is 8.78 Å². The average molecular weight is 300 g/mol. The van der Waals surface area contributed by atoms with Gasteiger partial charge in [-0.25, -0.2) is 0 Å². The number of hydrogen-bond donors (Lipinski definition) is 2. The topological polar surface area (TPSA) is 73.6 Å². The van der Waals surface area contributed by atoms with Gasteiger partial charge in [-0.05, 0) is 37.1 Å². The van der Waals surface area contributed by atoms with Gasteiger partial charge in [-0.3, -0.25) is 4.79 Å². The van der Waals surface area contributed by atoms with E-state index in [-0.39, 0.29) is 11.7 Å². The Morgan fingerprint density at radius 2 is 1.95 bits per heavy atom. The number of rotatable bonds is 5. The zero-order chi connectivity index (χ0) is 15.3. The van der Waals surface area contributed by atoms with E-state index in [9.17, 15) is 13.6 Å². The van der Waals surface area contributed by atoms with Crippen molar-refractivity contribution < 1.29 is 23.0 Å². The van der Waals surface area contributed by atoms with Gasteiger partial charge < -0.3 is 20.5 Å². The van der Waals surface area contributed by atoms with E-state index in [1.165, 1.54) is 24.3 Å². The lowest BCUT2D eigenvalue weighted by Crippen LogP contribution is -2.56. The first-order chi connectivity index (χ1) is 10.0. The number of nitrogens with two attached hydrogens (primary N) is 1. The quantitative estimate of drug-likeness (QED) is 0.865. The van der Waals surface area contributed by atoms with Gasteiger partial charge in [-0.1, -0.05) is 0 Å². The monoisotopic (exact) mass is 300 g/mol. The maximum Gasteiger partial charge on any atom is 0.387 e. The first-order valence-corrected chi connectivity index (χ1v) is 6.70. The van der Waals surface area contributed by atoms with Crippen LogP contribution in [-0.2, 0) is 4.74 Å². The zero-order valence-electron chi connectivity index (χ0n) is 11.5. The van der Waals surface area contributed by atoms with Crippen molar-refractivity contribution in [3.63, 3.8) is 0 Å². The van der Waals surface area contributed by atoms with Gasteiger partial charge in [0.1, 0.15) is 5.75 Å². The van der Waals surface area contributed by atoms with Crippen LogP contribution in [-0.4, -0.2) is 37.8 Å². The lowest BCUT2D eigenvalue weighted by atomic mass is 9.89. The highest BCUT2D eigenvalue weighted by atomic mass is 19.3. The molecule has 1 amide bonds. The van der Waals surface area contributed by atoms with E-state index in [2.05, 4.69) is 10.1 Å². The van der Waals surface area contributed by atoms with Gasteiger partial charge in [0.15, 0.2) is 0 Å². The van der Waals surface area contributed by atoms with Crippen molar-refractivity contribution in [3.8, 4) is 5.75 Å². The third-order valence-corrected chi connectivity index (χ3v) is 3.56. The van der Waals surface area contributed by atoms with Crippen LogP contribution in [0.25, 0.3) is 0 Å². The summed E-state index contributed by atoms with van der Waals surface area (Å²) in [4.78, 5) is 12.2. The summed E-state index contributed by atoms with van der Waals surface area (Å²) in [5.41, 5.74) is 5.68. The fourth-order valence-corrected chi connectivity index (χ4v) is 2.24. The molecule has 7 heteroatoms. The third-order valence-electron chi connectivity index (χ3n) is 3.56. The second kappa shape index (κ2) is 6.82. The van der Waals surface area contributed by atoms with E-state index >= 15 is 0 Å². The summed E-state index contributed by atoms with van der Waals surface area (Å²) in [5, 5.41) is 2.93. The van der Waals surface area contributed by atoms with Crippen LogP contribution in [0, 0.1) is 0 Å². The number of benzene rings is 1. The minimum absolute atomic E-state index is 0.0150. The summed E-state index contributed by atoms with van der Waals surface area (Å²) < 4.78 is 33.6. The highest BCUT2D eigenvalue weighted by Gasteiger charge is 2.32. The van der Waals surface area contributed by atoms with Crippen molar-refractivity contribution in [1.82, 2.24) is 5.32 Å². The Bertz CT molecular complexity index is 474. The zero-order valence-corrected chi connectivity index (χ0v) is 11.5. The van der Waals surface area contributed by atoms with Crippen LogP contribution < -0.4 is 15.8 Å². The van der Waals surface area contributed by atoms with Crippen molar-refractivity contribution in [3.05, 3.63) is 29.8 Å². The standard InChI is InChI=1S/C14H18F2N2O3/c15-13(16)21-11-3-1-10(2-4-11)12(19)18-14(9-17)5-7-20-8-6-14/h1-4,13H,5-9,17H2,(H,18,19). The van der Waals surface area contributed by atoms with Crippen LogP contribution in [0.15, 0.2) is 24.3 Å². The molecule has 0 spiro atoms. The molecule has 21 heavy (non-hydrogen) atoms. The summed E-state index contributed by atoms with van der Waals surface area (Å²) in [6, 6.07) is 5.55. The molecule has 0 radical (unpaired) electrons. The molecule has 5 nitrogen and oxygen atoms in total. The SMILES string of the molecule is NCC1(NC(=O)c2ccc(OC(F)F)cc2)CCOCC1. The molecule has 1 aromatic rings. The summed E-state index contributed by atoms with van der Waals surface area (Å²) in [5.74, 6) is -0.271. The fraction of sp³-hybridized carbons (Fsp3) is 0.500. The van der Waals surface area contributed by atoms with Crippen LogP contribution in [0.5, 0.6) is 5.75 Å². The molecule has 1 aromatic carbocycles. The lowest BCUT2D eigenvalue weighted by molar-refractivity contribution is -0.0498. The fourth-order valence-electron chi connectivity index (χ4n) is 2.24. The predicted octanol–water partition coefficient (Wildman–Crippen LogP) is 1.53. The lowest BCUT2D eigenvalue weighted by Gasteiger charge is -2.36. The molecular formula is C14H18F2N2O3. The molecule has 0 unspecified atom stereocenters. The number of carbonyl (C=O) groups excluding carboxylic acids is 1. The van der Waals surface area contributed by atoms with E-state index in [1.807, 2.05) is 0 Å². The minimum Gasteiger partial charge on any atom is -0.435 e.